The maximum Gasteiger partial charge on any atom is 0.0784 e. The van der Waals surface area contributed by atoms with Gasteiger partial charge in [-0.1, -0.05) is 40.9 Å². The van der Waals surface area contributed by atoms with Crippen LogP contribution in [0.5, 0.6) is 0 Å². The third-order valence-corrected chi connectivity index (χ3v) is 6.79. The smallest absolute Gasteiger partial charge is 0.0784 e. The highest BCUT2D eigenvalue weighted by Crippen LogP contribution is 2.40. The average molecular weight is 490 g/mol. The molecule has 0 unspecified atom stereocenters. The fraction of sp³-hybridized carbons (Fsp3) is 0. The van der Waals surface area contributed by atoms with Crippen LogP contribution in [0.25, 0.3) is 57.5 Å². The van der Waals surface area contributed by atoms with Crippen molar-refractivity contribution in [1.82, 2.24) is 19.9 Å². The number of halogens is 3. The largest absolute Gasteiger partial charge is 0.355 e. The van der Waals surface area contributed by atoms with Gasteiger partial charge < -0.3 is 9.97 Å². The van der Waals surface area contributed by atoms with Crippen molar-refractivity contribution < 1.29 is 0 Å². The van der Waals surface area contributed by atoms with Crippen LogP contribution in [-0.4, -0.2) is 19.9 Å². The molecule has 8 bridgehead atoms. The van der Waals surface area contributed by atoms with Gasteiger partial charge in [-0.2, -0.15) is 0 Å². The molecule has 0 aliphatic carbocycles. The summed E-state index contributed by atoms with van der Waals surface area (Å²) in [7, 11) is 0. The van der Waals surface area contributed by atoms with Gasteiger partial charge in [0, 0.05) is 33.2 Å². The van der Waals surface area contributed by atoms with E-state index in [9.17, 15) is 0 Å². The molecule has 2 aliphatic heterocycles. The Balaban J connectivity index is 1.68. The van der Waals surface area contributed by atoms with E-state index in [4.69, 9.17) is 44.8 Å². The second-order valence-corrected chi connectivity index (χ2v) is 8.97. The third-order valence-electron chi connectivity index (χ3n) is 5.49. The standard InChI is InChI=1S/C26H15Cl3N4/c27-23-8-7-21(25(28)26(23)29)22-12-20-11-18-4-3-16(31-18)9-14-1-2-15(30-14)10-17-5-6-19(32-17)13-24(22)33-20/h1-13,30,33H. The molecule has 0 amide bonds. The average Bonchev–Trinajstić information content (AvgIpc) is 3.58. The summed E-state index contributed by atoms with van der Waals surface area (Å²) in [6.07, 6.45) is 7.95. The summed E-state index contributed by atoms with van der Waals surface area (Å²) < 4.78 is 0. The summed E-state index contributed by atoms with van der Waals surface area (Å²) in [5, 5.41) is 1.15. The Bertz CT molecular complexity index is 1660. The normalized spacial score (nSPS) is 12.5. The van der Waals surface area contributed by atoms with Crippen LogP contribution in [-0.2, 0) is 0 Å². The van der Waals surface area contributed by atoms with Crippen molar-refractivity contribution in [3.63, 3.8) is 0 Å². The van der Waals surface area contributed by atoms with Gasteiger partial charge in [0.05, 0.1) is 37.8 Å². The van der Waals surface area contributed by atoms with Gasteiger partial charge in [0.1, 0.15) is 0 Å². The highest BCUT2D eigenvalue weighted by atomic mass is 35.5. The van der Waals surface area contributed by atoms with Gasteiger partial charge in [-0.25, -0.2) is 9.97 Å². The lowest BCUT2D eigenvalue weighted by atomic mass is 10.1. The molecule has 0 saturated carbocycles. The molecule has 160 valence electrons. The fourth-order valence-electron chi connectivity index (χ4n) is 3.97. The summed E-state index contributed by atoms with van der Waals surface area (Å²) in [5.41, 5.74) is 8.80. The predicted octanol–water partition coefficient (Wildman–Crippen LogP) is 8.28. The van der Waals surface area contributed by atoms with Gasteiger partial charge >= 0.3 is 0 Å². The summed E-state index contributed by atoms with van der Waals surface area (Å²) in [6.45, 7) is 0. The second-order valence-electron chi connectivity index (χ2n) is 7.81. The Morgan fingerprint density at radius 1 is 0.515 bits per heavy atom. The lowest BCUT2D eigenvalue weighted by molar-refractivity contribution is 1.31. The number of hydrogen-bond acceptors (Lipinski definition) is 2. The molecule has 3 aromatic heterocycles. The highest BCUT2D eigenvalue weighted by Gasteiger charge is 2.14. The number of fused-ring (bicyclic) bond motifs is 8. The number of H-pyrrole nitrogens is 2. The predicted molar refractivity (Wildman–Crippen MR) is 139 cm³/mol. The molecule has 6 rings (SSSR count). The first kappa shape index (κ1) is 20.3. The second kappa shape index (κ2) is 7.92. The van der Waals surface area contributed by atoms with Crippen molar-refractivity contribution in [3.05, 3.63) is 92.4 Å². The molecule has 2 N–H and O–H groups in total. The summed E-state index contributed by atoms with van der Waals surface area (Å²) >= 11 is 19.1. The van der Waals surface area contributed by atoms with Crippen LogP contribution < -0.4 is 0 Å². The number of aromatic amines is 2. The minimum atomic E-state index is 0.332. The van der Waals surface area contributed by atoms with Crippen LogP contribution in [0.4, 0.5) is 0 Å². The molecule has 0 spiro atoms. The van der Waals surface area contributed by atoms with E-state index < -0.39 is 0 Å². The van der Waals surface area contributed by atoms with E-state index in [0.29, 0.717) is 15.1 Å². The van der Waals surface area contributed by atoms with Gasteiger partial charge in [-0.15, -0.1) is 0 Å². The maximum atomic E-state index is 6.58. The number of aromatic nitrogens is 4. The zero-order valence-corrected chi connectivity index (χ0v) is 19.3. The maximum absolute atomic E-state index is 6.58. The van der Waals surface area contributed by atoms with Crippen molar-refractivity contribution in [2.45, 2.75) is 0 Å². The van der Waals surface area contributed by atoms with Crippen molar-refractivity contribution in [2.75, 3.05) is 0 Å². The van der Waals surface area contributed by atoms with Gasteiger partial charge in [-0.05, 0) is 72.8 Å². The fourth-order valence-corrected chi connectivity index (χ4v) is 4.61. The highest BCUT2D eigenvalue weighted by molar-refractivity contribution is 6.49. The van der Waals surface area contributed by atoms with Gasteiger partial charge in [0.15, 0.2) is 0 Å². The van der Waals surface area contributed by atoms with Crippen molar-refractivity contribution >= 4 is 81.2 Å². The van der Waals surface area contributed by atoms with Crippen molar-refractivity contribution in [3.8, 4) is 11.1 Å². The van der Waals surface area contributed by atoms with Crippen molar-refractivity contribution in [1.29, 1.82) is 0 Å². The zero-order chi connectivity index (χ0) is 22.5. The monoisotopic (exact) mass is 488 g/mol. The van der Waals surface area contributed by atoms with Crippen LogP contribution in [0.3, 0.4) is 0 Å². The SMILES string of the molecule is Clc1ccc(-c2cc3cc4nc(cc5ccc(cc6nc(cc2[nH]3)C=C6)[nH]5)C=C4)c(Cl)c1Cl. The minimum Gasteiger partial charge on any atom is -0.355 e. The molecular weight excluding hydrogens is 475 g/mol. The zero-order valence-electron chi connectivity index (χ0n) is 17.0. The molecule has 0 radical (unpaired) electrons. The Labute approximate surface area is 204 Å². The van der Waals surface area contributed by atoms with E-state index in [1.807, 2.05) is 72.8 Å². The van der Waals surface area contributed by atoms with Gasteiger partial charge in [0.2, 0.25) is 0 Å². The van der Waals surface area contributed by atoms with Crippen LogP contribution in [0.1, 0.15) is 22.8 Å². The van der Waals surface area contributed by atoms with E-state index in [2.05, 4.69) is 9.97 Å². The third kappa shape index (κ3) is 3.87. The first-order valence-electron chi connectivity index (χ1n) is 10.2. The Hall–Kier alpha value is -3.31. The first-order valence-corrected chi connectivity index (χ1v) is 11.4. The quantitative estimate of drug-likeness (QED) is 0.228. The Morgan fingerprint density at radius 2 is 1.09 bits per heavy atom. The molecule has 0 fully saturated rings. The molecule has 5 heterocycles. The number of nitrogens with zero attached hydrogens (tertiary/aromatic N) is 2. The Morgan fingerprint density at radius 3 is 1.73 bits per heavy atom. The molecule has 4 nitrogen and oxygen atoms in total. The van der Waals surface area contributed by atoms with E-state index in [1.165, 1.54) is 0 Å². The van der Waals surface area contributed by atoms with Gasteiger partial charge in [-0.3, -0.25) is 0 Å². The van der Waals surface area contributed by atoms with Crippen LogP contribution in [0.2, 0.25) is 15.1 Å². The van der Waals surface area contributed by atoms with E-state index in [1.54, 1.807) is 6.07 Å². The topological polar surface area (TPSA) is 57.4 Å². The van der Waals surface area contributed by atoms with Crippen molar-refractivity contribution in [2.24, 2.45) is 0 Å². The molecule has 0 saturated heterocycles. The number of nitrogens with one attached hydrogen (secondary N) is 2. The lowest BCUT2D eigenvalue weighted by Crippen LogP contribution is -1.81. The molecule has 2 aliphatic rings. The van der Waals surface area contributed by atoms with Crippen LogP contribution >= 0.6 is 34.8 Å². The summed E-state index contributed by atoms with van der Waals surface area (Å²) in [4.78, 5) is 16.3. The molecule has 1 aromatic carbocycles. The lowest BCUT2D eigenvalue weighted by Gasteiger charge is -2.06. The summed E-state index contributed by atoms with van der Waals surface area (Å²) in [5.74, 6) is 0. The molecule has 4 aromatic rings. The molecule has 7 heteroatoms. The Kier molecular flexibility index (Phi) is 4.88. The molecule has 33 heavy (non-hydrogen) atoms. The van der Waals surface area contributed by atoms with Gasteiger partial charge in [0.25, 0.3) is 0 Å². The minimum absolute atomic E-state index is 0.332. The first-order chi connectivity index (χ1) is 16.0. The van der Waals surface area contributed by atoms with Crippen LogP contribution in [0, 0.1) is 0 Å². The number of benzene rings is 1. The van der Waals surface area contributed by atoms with E-state index in [0.717, 1.165) is 56.0 Å². The van der Waals surface area contributed by atoms with Crippen LogP contribution in [0.15, 0.2) is 54.6 Å². The molecule has 0 atom stereocenters. The molecular formula is C26H15Cl3N4. The number of rotatable bonds is 1. The van der Waals surface area contributed by atoms with E-state index in [-0.39, 0.29) is 0 Å². The summed E-state index contributed by atoms with van der Waals surface area (Å²) in [6, 6.07) is 17.7. The number of hydrogen-bond donors (Lipinski definition) is 2. The van der Waals surface area contributed by atoms with E-state index >= 15 is 0 Å².